The maximum absolute atomic E-state index is 11.7. The summed E-state index contributed by atoms with van der Waals surface area (Å²) in [4.78, 5) is 15.7. The van der Waals surface area contributed by atoms with Crippen LogP contribution in [0.3, 0.4) is 0 Å². The molecule has 2 unspecified atom stereocenters. The number of hydrogen-bond acceptors (Lipinski definition) is 4. The molecule has 2 aliphatic carbocycles. The Morgan fingerprint density at radius 2 is 1.73 bits per heavy atom. The van der Waals surface area contributed by atoms with Crippen molar-refractivity contribution >= 4 is 5.91 Å². The summed E-state index contributed by atoms with van der Waals surface area (Å²) < 4.78 is 0. The molecule has 140 valence electrons. The number of aliphatic hydroxyl groups excluding tert-OH is 1. The molecule has 2 atom stereocenters. The predicted octanol–water partition coefficient (Wildman–Crippen LogP) is 2.72. The third-order valence-electron chi connectivity index (χ3n) is 5.05. The van der Waals surface area contributed by atoms with E-state index in [0.717, 1.165) is 25.1 Å². The molecular formula is C21H29N3O2. The Labute approximate surface area is 155 Å². The van der Waals surface area contributed by atoms with Gasteiger partial charge in [0.25, 0.3) is 0 Å². The zero-order chi connectivity index (χ0) is 17.8. The van der Waals surface area contributed by atoms with Gasteiger partial charge in [-0.15, -0.1) is 0 Å². The number of likely N-dealkylation sites (tertiary alicyclic amines) is 1. The summed E-state index contributed by atoms with van der Waals surface area (Å²) in [6.45, 7) is 3.97. The van der Waals surface area contributed by atoms with Gasteiger partial charge in [-0.05, 0) is 22.4 Å². The highest BCUT2D eigenvalue weighted by atomic mass is 16.3. The minimum absolute atomic E-state index is 0. The van der Waals surface area contributed by atoms with Gasteiger partial charge in [-0.1, -0.05) is 54.6 Å². The van der Waals surface area contributed by atoms with Gasteiger partial charge in [-0.2, -0.15) is 0 Å². The Balaban J connectivity index is 0.000000289. The molecule has 1 fully saturated rings. The number of aliphatic hydroxyl groups is 1. The van der Waals surface area contributed by atoms with Gasteiger partial charge in [-0.25, -0.2) is 0 Å². The lowest BCUT2D eigenvalue weighted by Gasteiger charge is -2.31. The van der Waals surface area contributed by atoms with E-state index < -0.39 is 0 Å². The van der Waals surface area contributed by atoms with Crippen molar-refractivity contribution in [1.82, 2.24) is 16.0 Å². The highest BCUT2D eigenvalue weighted by molar-refractivity contribution is 5.73. The summed E-state index contributed by atoms with van der Waals surface area (Å²) >= 11 is 0. The van der Waals surface area contributed by atoms with Crippen molar-refractivity contribution in [2.45, 2.75) is 25.5 Å². The second kappa shape index (κ2) is 8.94. The molecule has 0 spiro atoms. The SMILES string of the molecule is CC(=O)N(C)C(CN1CCC(O)C1)c1ccccc1.N.c1cc2ccc1=2. The fourth-order valence-electron chi connectivity index (χ4n) is 3.23. The number of amides is 1. The number of carbonyl (C=O) groups excluding carboxylic acids is 1. The number of hydrogen-bond donors (Lipinski definition) is 2. The van der Waals surface area contributed by atoms with Gasteiger partial charge in [0, 0.05) is 33.6 Å². The quantitative estimate of drug-likeness (QED) is 0.754. The van der Waals surface area contributed by atoms with Crippen LogP contribution in [-0.2, 0) is 4.79 Å². The Kier molecular flexibility index (Phi) is 6.91. The molecular weight excluding hydrogens is 326 g/mol. The molecule has 1 amide bonds. The first-order valence-electron chi connectivity index (χ1n) is 8.84. The van der Waals surface area contributed by atoms with Crippen LogP contribution < -0.4 is 6.15 Å². The molecule has 4 N–H and O–H groups in total. The summed E-state index contributed by atoms with van der Waals surface area (Å²) in [6.07, 6.45) is 0.602. The maximum Gasteiger partial charge on any atom is 0.219 e. The van der Waals surface area contributed by atoms with Crippen molar-refractivity contribution in [2.24, 2.45) is 0 Å². The molecule has 0 saturated carbocycles. The Hall–Kier alpha value is -2.21. The van der Waals surface area contributed by atoms with E-state index in [0.29, 0.717) is 6.54 Å². The van der Waals surface area contributed by atoms with E-state index in [2.05, 4.69) is 41.3 Å². The van der Waals surface area contributed by atoms with Gasteiger partial charge in [0.1, 0.15) is 0 Å². The predicted molar refractivity (Wildman–Crippen MR) is 104 cm³/mol. The second-order valence-electron chi connectivity index (χ2n) is 6.84. The summed E-state index contributed by atoms with van der Waals surface area (Å²) in [5, 5.41) is 12.5. The van der Waals surface area contributed by atoms with E-state index in [-0.39, 0.29) is 24.2 Å². The molecule has 5 nitrogen and oxygen atoms in total. The van der Waals surface area contributed by atoms with E-state index >= 15 is 0 Å². The number of carbonyl (C=O) groups is 1. The van der Waals surface area contributed by atoms with Crippen LogP contribution in [0.25, 0.3) is 0 Å². The number of rotatable bonds is 4. The van der Waals surface area contributed by atoms with Gasteiger partial charge in [0.05, 0.1) is 12.1 Å². The number of likely N-dealkylation sites (N-methyl/N-ethyl adjacent to an activating group) is 1. The van der Waals surface area contributed by atoms with E-state index in [4.69, 9.17) is 0 Å². The molecule has 3 aliphatic rings. The number of nitrogens with zero attached hydrogens (tertiary/aromatic N) is 2. The first kappa shape index (κ1) is 20.1. The summed E-state index contributed by atoms with van der Waals surface area (Å²) in [5.41, 5.74) is 1.14. The lowest BCUT2D eigenvalue weighted by atomic mass is 10.1. The van der Waals surface area contributed by atoms with Crippen LogP contribution in [0.1, 0.15) is 24.9 Å². The Morgan fingerprint density at radius 3 is 2.12 bits per heavy atom. The van der Waals surface area contributed by atoms with Crippen LogP contribution in [0.2, 0.25) is 0 Å². The number of β-amino-alcohol motifs (C(OH)–C–C–N with tert-alkyl or cyclic N) is 1. The van der Waals surface area contributed by atoms with Crippen LogP contribution in [0.15, 0.2) is 54.6 Å². The zero-order valence-electron chi connectivity index (χ0n) is 15.6. The summed E-state index contributed by atoms with van der Waals surface area (Å²) in [5.74, 6) is 0.0635. The van der Waals surface area contributed by atoms with Crippen molar-refractivity contribution in [3.63, 3.8) is 0 Å². The van der Waals surface area contributed by atoms with Crippen molar-refractivity contribution < 1.29 is 9.90 Å². The molecule has 0 radical (unpaired) electrons. The molecule has 1 aromatic rings. The molecule has 26 heavy (non-hydrogen) atoms. The minimum atomic E-state index is -0.223. The van der Waals surface area contributed by atoms with Crippen LogP contribution in [-0.4, -0.2) is 53.6 Å². The molecule has 0 aromatic heterocycles. The number of benzene rings is 2. The van der Waals surface area contributed by atoms with Crippen LogP contribution >= 0.6 is 0 Å². The van der Waals surface area contributed by atoms with Gasteiger partial charge < -0.3 is 16.2 Å². The molecule has 4 rings (SSSR count). The van der Waals surface area contributed by atoms with Crippen molar-refractivity contribution in [1.29, 1.82) is 0 Å². The van der Waals surface area contributed by atoms with Crippen molar-refractivity contribution in [3.05, 3.63) is 70.6 Å². The van der Waals surface area contributed by atoms with Crippen LogP contribution in [0.5, 0.6) is 0 Å². The van der Waals surface area contributed by atoms with E-state index in [1.807, 2.05) is 25.2 Å². The van der Waals surface area contributed by atoms with Gasteiger partial charge in [-0.3, -0.25) is 9.69 Å². The highest BCUT2D eigenvalue weighted by Crippen LogP contribution is 2.22. The van der Waals surface area contributed by atoms with E-state index in [9.17, 15) is 9.90 Å². The average molecular weight is 355 g/mol. The van der Waals surface area contributed by atoms with Crippen LogP contribution in [0, 0.1) is 10.4 Å². The molecule has 1 saturated heterocycles. The molecule has 5 heteroatoms. The first-order chi connectivity index (χ1) is 12.0. The highest BCUT2D eigenvalue weighted by Gasteiger charge is 2.26. The Morgan fingerprint density at radius 1 is 1.15 bits per heavy atom. The lowest BCUT2D eigenvalue weighted by molar-refractivity contribution is -0.130. The third-order valence-corrected chi connectivity index (χ3v) is 5.05. The van der Waals surface area contributed by atoms with Gasteiger partial charge in [0.2, 0.25) is 5.91 Å². The normalized spacial score (nSPS) is 18.2. The zero-order valence-corrected chi connectivity index (χ0v) is 15.6. The first-order valence-corrected chi connectivity index (χ1v) is 8.84. The molecule has 1 aliphatic heterocycles. The fraction of sp³-hybridized carbons (Fsp3) is 0.381. The third kappa shape index (κ3) is 4.69. The van der Waals surface area contributed by atoms with Gasteiger partial charge >= 0.3 is 0 Å². The van der Waals surface area contributed by atoms with Crippen LogP contribution in [0.4, 0.5) is 0 Å². The summed E-state index contributed by atoms with van der Waals surface area (Å²) in [7, 11) is 1.84. The largest absolute Gasteiger partial charge is 0.392 e. The van der Waals surface area contributed by atoms with Gasteiger partial charge in [0.15, 0.2) is 0 Å². The minimum Gasteiger partial charge on any atom is -0.392 e. The Bertz CT molecular complexity index is 759. The second-order valence-corrected chi connectivity index (χ2v) is 6.84. The fourth-order valence-corrected chi connectivity index (χ4v) is 3.23. The summed E-state index contributed by atoms with van der Waals surface area (Å²) in [6, 6.07) is 18.6. The molecule has 0 bridgehead atoms. The lowest BCUT2D eigenvalue weighted by Crippen LogP contribution is -2.38. The standard InChI is InChI=1S/C15H22N2O2.C6H4.H3N/c1-12(18)16(2)15(13-6-4-3-5-7-13)11-17-9-8-14(19)10-17;1-2-6-4-3-5(1)6;/h3-7,14-15,19H,8-11H2,1-2H3;1-4H;1H3. The molecule has 1 aromatic carbocycles. The van der Waals surface area contributed by atoms with E-state index in [1.165, 1.54) is 10.4 Å². The smallest absolute Gasteiger partial charge is 0.219 e. The van der Waals surface area contributed by atoms with Crippen molar-refractivity contribution in [2.75, 3.05) is 26.7 Å². The topological polar surface area (TPSA) is 78.8 Å². The maximum atomic E-state index is 11.7. The average Bonchev–Trinajstić information content (AvgIpc) is 3.01. The van der Waals surface area contributed by atoms with E-state index in [1.54, 1.807) is 11.8 Å². The van der Waals surface area contributed by atoms with Crippen molar-refractivity contribution in [3.8, 4) is 0 Å². The monoisotopic (exact) mass is 355 g/mol. The molecule has 1 heterocycles.